The highest BCUT2D eigenvalue weighted by atomic mass is 32.2. The van der Waals surface area contributed by atoms with Crippen molar-refractivity contribution in [2.24, 2.45) is 4.99 Å². The van der Waals surface area contributed by atoms with Crippen molar-refractivity contribution in [1.82, 2.24) is 25.1 Å². The number of thioether (sulfide) groups is 1. The van der Waals surface area contributed by atoms with Crippen LogP contribution in [0.3, 0.4) is 0 Å². The fraction of sp³-hybridized carbons (Fsp3) is 0.407. The number of carbonyl (C=O) groups is 3. The highest BCUT2D eigenvalue weighted by Gasteiger charge is 2.79. The van der Waals surface area contributed by atoms with Crippen LogP contribution in [0.5, 0.6) is 0 Å². The van der Waals surface area contributed by atoms with Crippen molar-refractivity contribution < 1.29 is 18.8 Å². The molecule has 2 aromatic rings. The number of likely N-dealkylation sites (tertiary alicyclic amines) is 1. The molecule has 12 heteroatoms. The summed E-state index contributed by atoms with van der Waals surface area (Å²) in [6, 6.07) is 13.7. The minimum atomic E-state index is -1.47. The van der Waals surface area contributed by atoms with Crippen molar-refractivity contribution in [2.75, 3.05) is 32.0 Å². The van der Waals surface area contributed by atoms with Crippen LogP contribution in [-0.2, 0) is 15.1 Å². The minimum absolute atomic E-state index is 0.148. The van der Waals surface area contributed by atoms with Gasteiger partial charge in [-0.1, -0.05) is 48.2 Å². The van der Waals surface area contributed by atoms with Gasteiger partial charge in [-0.2, -0.15) is 5.43 Å². The molecule has 2 aromatic carbocycles. The number of fused-ring (bicyclic) bond motifs is 5. The molecule has 5 aliphatic heterocycles. The molecule has 2 spiro atoms. The van der Waals surface area contributed by atoms with Crippen LogP contribution in [0.2, 0.25) is 0 Å². The van der Waals surface area contributed by atoms with Gasteiger partial charge in [0, 0.05) is 36.8 Å². The van der Waals surface area contributed by atoms with Gasteiger partial charge in [0.25, 0.3) is 11.8 Å². The van der Waals surface area contributed by atoms with Gasteiger partial charge < -0.3 is 10.2 Å². The van der Waals surface area contributed by atoms with E-state index in [0.717, 1.165) is 0 Å². The lowest BCUT2D eigenvalue weighted by molar-refractivity contribution is -0.140. The van der Waals surface area contributed by atoms with Gasteiger partial charge in [0.1, 0.15) is 16.7 Å². The highest BCUT2D eigenvalue weighted by molar-refractivity contribution is 8.16. The first-order chi connectivity index (χ1) is 18.8. The lowest BCUT2D eigenvalue weighted by Gasteiger charge is -2.41. The van der Waals surface area contributed by atoms with E-state index < -0.39 is 34.4 Å². The molecular formula is C27H28FN7O3S. The second kappa shape index (κ2) is 8.26. The number of para-hydroxylation sites is 1. The molecule has 7 rings (SSSR count). The molecule has 5 atom stereocenters. The van der Waals surface area contributed by atoms with Crippen LogP contribution in [-0.4, -0.2) is 86.5 Å². The van der Waals surface area contributed by atoms with Crippen LogP contribution < -0.4 is 10.7 Å². The number of hydrogen-bond acceptors (Lipinski definition) is 7. The average Bonchev–Trinajstić information content (AvgIpc) is 3.57. The molecule has 0 saturated carbocycles. The van der Waals surface area contributed by atoms with Crippen molar-refractivity contribution in [3.8, 4) is 0 Å². The van der Waals surface area contributed by atoms with E-state index in [1.54, 1.807) is 28.0 Å². The number of hydrogen-bond donors (Lipinski definition) is 2. The summed E-state index contributed by atoms with van der Waals surface area (Å²) in [6.07, 6.45) is -1.08. The Balaban J connectivity index is 1.45. The van der Waals surface area contributed by atoms with Gasteiger partial charge in [0.05, 0.1) is 0 Å². The Morgan fingerprint density at radius 2 is 1.77 bits per heavy atom. The predicted octanol–water partition coefficient (Wildman–Crippen LogP) is 2.32. The van der Waals surface area contributed by atoms with Gasteiger partial charge in [-0.3, -0.25) is 19.4 Å². The number of anilines is 1. The fourth-order valence-corrected chi connectivity index (χ4v) is 8.88. The van der Waals surface area contributed by atoms with Crippen LogP contribution >= 0.6 is 11.8 Å². The number of benzene rings is 2. The summed E-state index contributed by atoms with van der Waals surface area (Å²) >= 11 is 1.20. The summed E-state index contributed by atoms with van der Waals surface area (Å²) in [5, 5.41) is 4.77. The van der Waals surface area contributed by atoms with Crippen LogP contribution in [0.1, 0.15) is 30.9 Å². The predicted molar refractivity (Wildman–Crippen MR) is 144 cm³/mol. The SMILES string of the molecule is CCN1C(=O)N(CC)[C@H]2N=C3S[C@]4(C(=O)N3N[C@H]21)[C@H](c1ccccc1F)CN(C)[C@]41C(=O)Nc2ccccc21. The number of rotatable bonds is 3. The third kappa shape index (κ3) is 2.78. The fourth-order valence-electron chi connectivity index (χ4n) is 7.18. The van der Waals surface area contributed by atoms with Crippen LogP contribution in [0, 0.1) is 5.82 Å². The summed E-state index contributed by atoms with van der Waals surface area (Å²) < 4.78 is 14.0. The number of halogens is 1. The van der Waals surface area contributed by atoms with Crippen molar-refractivity contribution in [1.29, 1.82) is 0 Å². The van der Waals surface area contributed by atoms with Gasteiger partial charge in [-0.25, -0.2) is 19.2 Å². The number of carbonyl (C=O) groups excluding carboxylic acids is 3. The molecule has 5 heterocycles. The number of hydrazine groups is 1. The Labute approximate surface area is 229 Å². The number of amidine groups is 1. The topological polar surface area (TPSA) is 101 Å². The van der Waals surface area contributed by atoms with Crippen molar-refractivity contribution in [3.05, 3.63) is 65.5 Å². The van der Waals surface area contributed by atoms with Crippen molar-refractivity contribution >= 4 is 40.5 Å². The van der Waals surface area contributed by atoms with Crippen LogP contribution in [0.25, 0.3) is 0 Å². The summed E-state index contributed by atoms with van der Waals surface area (Å²) in [6.45, 7) is 4.94. The van der Waals surface area contributed by atoms with E-state index in [-0.39, 0.29) is 24.4 Å². The quantitative estimate of drug-likeness (QED) is 0.610. The summed E-state index contributed by atoms with van der Waals surface area (Å²) in [5.41, 5.74) is 3.54. The first kappa shape index (κ1) is 24.6. The lowest BCUT2D eigenvalue weighted by atomic mass is 9.72. The van der Waals surface area contributed by atoms with E-state index in [4.69, 9.17) is 4.99 Å². The number of likely N-dealkylation sites (N-methyl/N-ethyl adjacent to an activating group) is 3. The molecule has 202 valence electrons. The molecule has 3 saturated heterocycles. The molecule has 0 aromatic heterocycles. The molecule has 3 fully saturated rings. The number of aliphatic imine (C=N–C) groups is 1. The standard InChI is InChI=1S/C27H28FN7O3S/c1-4-33-20-21(34(5-2)25(33)38)31-35-23(37)27(39-24(35)30-20)17(15-10-6-8-12-18(15)28)14-32(3)26(27)16-11-7-9-13-19(16)29-22(26)36/h6-13,17,20-21,31H,4-5,14H2,1-3H3,(H,29,36)/t17-,20+,21-,26+,27-/m0/s1. The third-order valence-electron chi connectivity index (χ3n) is 8.81. The van der Waals surface area contributed by atoms with E-state index in [1.807, 2.05) is 50.1 Å². The maximum Gasteiger partial charge on any atom is 0.323 e. The molecular weight excluding hydrogens is 521 g/mol. The van der Waals surface area contributed by atoms with E-state index >= 15 is 4.39 Å². The maximum absolute atomic E-state index is 15.4. The Kier molecular flexibility index (Phi) is 5.20. The van der Waals surface area contributed by atoms with E-state index in [0.29, 0.717) is 35.1 Å². The zero-order chi connectivity index (χ0) is 27.3. The monoisotopic (exact) mass is 549 g/mol. The Hall–Kier alpha value is -3.48. The van der Waals surface area contributed by atoms with Gasteiger partial charge >= 0.3 is 6.03 Å². The number of nitrogens with zero attached hydrogens (tertiary/aromatic N) is 5. The summed E-state index contributed by atoms with van der Waals surface area (Å²) in [7, 11) is 1.82. The number of nitrogens with one attached hydrogen (secondary N) is 2. The van der Waals surface area contributed by atoms with Crippen LogP contribution in [0.15, 0.2) is 53.5 Å². The smallest absolute Gasteiger partial charge is 0.323 e. The van der Waals surface area contributed by atoms with Gasteiger partial charge in [0.2, 0.25) is 0 Å². The minimum Gasteiger partial charge on any atom is -0.324 e. The summed E-state index contributed by atoms with van der Waals surface area (Å²) in [5.74, 6) is -1.80. The lowest BCUT2D eigenvalue weighted by Crippen LogP contribution is -2.65. The highest BCUT2D eigenvalue weighted by Crippen LogP contribution is 2.66. The molecule has 10 nitrogen and oxygen atoms in total. The normalized spacial score (nSPS) is 33.2. The zero-order valence-corrected chi connectivity index (χ0v) is 22.5. The van der Waals surface area contributed by atoms with E-state index in [2.05, 4.69) is 10.7 Å². The van der Waals surface area contributed by atoms with Gasteiger partial charge in [-0.05, 0) is 38.6 Å². The van der Waals surface area contributed by atoms with Gasteiger partial charge in [-0.15, -0.1) is 0 Å². The zero-order valence-electron chi connectivity index (χ0n) is 21.7. The molecule has 0 unspecified atom stereocenters. The Bertz CT molecular complexity index is 1470. The number of amides is 4. The molecule has 0 bridgehead atoms. The third-order valence-corrected chi connectivity index (χ3v) is 10.4. The van der Waals surface area contributed by atoms with E-state index in [9.17, 15) is 14.4 Å². The second-order valence-electron chi connectivity index (χ2n) is 10.4. The molecule has 39 heavy (non-hydrogen) atoms. The summed E-state index contributed by atoms with van der Waals surface area (Å²) in [4.78, 5) is 52.1. The maximum atomic E-state index is 15.4. The second-order valence-corrected chi connectivity index (χ2v) is 11.6. The molecule has 2 N–H and O–H groups in total. The first-order valence-corrected chi connectivity index (χ1v) is 13.9. The van der Waals surface area contributed by atoms with Gasteiger partial charge in [0.15, 0.2) is 16.9 Å². The average molecular weight is 550 g/mol. The molecule has 0 aliphatic carbocycles. The van der Waals surface area contributed by atoms with Crippen molar-refractivity contribution in [3.63, 3.8) is 0 Å². The van der Waals surface area contributed by atoms with E-state index in [1.165, 1.54) is 22.8 Å². The Morgan fingerprint density at radius 1 is 1.05 bits per heavy atom. The largest absolute Gasteiger partial charge is 0.324 e. The van der Waals surface area contributed by atoms with Crippen LogP contribution in [0.4, 0.5) is 14.9 Å². The Morgan fingerprint density at radius 3 is 2.51 bits per heavy atom. The molecule has 0 radical (unpaired) electrons. The molecule has 5 aliphatic rings. The first-order valence-electron chi connectivity index (χ1n) is 13.1. The molecule has 4 amide bonds. The number of urea groups is 1. The van der Waals surface area contributed by atoms with Crippen molar-refractivity contribution in [2.45, 2.75) is 42.4 Å².